The van der Waals surface area contributed by atoms with E-state index in [1.807, 2.05) is 20.0 Å². The molecule has 3 unspecified atom stereocenters. The number of halogens is 1. The molecule has 3 nitrogen and oxygen atoms in total. The molecule has 3 atom stereocenters. The van der Waals surface area contributed by atoms with Crippen LogP contribution in [0.25, 0.3) is 0 Å². The molecule has 1 aromatic carbocycles. The fourth-order valence-electron chi connectivity index (χ4n) is 2.87. The normalized spacial score (nSPS) is 23.9. The molecule has 0 spiro atoms. The molecule has 0 heterocycles. The Kier molecular flexibility index (Phi) is 5.59. The second-order valence-corrected chi connectivity index (χ2v) is 5.91. The third-order valence-electron chi connectivity index (χ3n) is 4.40. The Morgan fingerprint density at radius 1 is 1.29 bits per heavy atom. The Bertz CT molecular complexity index is 478. The number of ether oxygens (including phenoxy) is 2. The quantitative estimate of drug-likeness (QED) is 0.897. The van der Waals surface area contributed by atoms with Crippen LogP contribution in [0.2, 0.25) is 0 Å². The van der Waals surface area contributed by atoms with Crippen molar-refractivity contribution in [2.45, 2.75) is 57.8 Å². The largest absolute Gasteiger partial charge is 0.490 e. The van der Waals surface area contributed by atoms with E-state index in [0.717, 1.165) is 37.0 Å². The van der Waals surface area contributed by atoms with Gasteiger partial charge in [0.1, 0.15) is 17.7 Å². The highest BCUT2D eigenvalue weighted by Crippen LogP contribution is 2.32. The highest BCUT2D eigenvalue weighted by Gasteiger charge is 2.24. The zero-order valence-electron chi connectivity index (χ0n) is 13.4. The van der Waals surface area contributed by atoms with E-state index in [4.69, 9.17) is 9.47 Å². The molecule has 21 heavy (non-hydrogen) atoms. The molecule has 0 aromatic heterocycles. The molecule has 1 aliphatic rings. The van der Waals surface area contributed by atoms with Crippen molar-refractivity contribution >= 4 is 0 Å². The van der Waals surface area contributed by atoms with Gasteiger partial charge < -0.3 is 14.8 Å². The first kappa shape index (κ1) is 16.2. The molecule has 2 rings (SSSR count). The first-order valence-corrected chi connectivity index (χ1v) is 7.72. The van der Waals surface area contributed by atoms with Gasteiger partial charge in [-0.15, -0.1) is 0 Å². The van der Waals surface area contributed by atoms with Gasteiger partial charge in [-0.25, -0.2) is 4.39 Å². The molecular formula is C17H26FNO2. The summed E-state index contributed by atoms with van der Waals surface area (Å²) in [5, 5.41) is 3.15. The molecule has 1 fully saturated rings. The Morgan fingerprint density at radius 2 is 2.00 bits per heavy atom. The van der Waals surface area contributed by atoms with E-state index < -0.39 is 0 Å². The SMILES string of the molecule is CNC(C)c1cc(F)c(C)cc1OC1CCCC(OC)C1. The molecule has 0 saturated heterocycles. The minimum atomic E-state index is -0.183. The van der Waals surface area contributed by atoms with Crippen molar-refractivity contribution in [3.63, 3.8) is 0 Å². The Balaban J connectivity index is 2.19. The fourth-order valence-corrected chi connectivity index (χ4v) is 2.87. The van der Waals surface area contributed by atoms with E-state index >= 15 is 0 Å². The number of benzene rings is 1. The molecule has 1 saturated carbocycles. The summed E-state index contributed by atoms with van der Waals surface area (Å²) in [6.07, 6.45) is 4.56. The van der Waals surface area contributed by atoms with Gasteiger partial charge in [0.2, 0.25) is 0 Å². The van der Waals surface area contributed by atoms with E-state index in [2.05, 4.69) is 5.32 Å². The van der Waals surface area contributed by atoms with Gasteiger partial charge in [-0.3, -0.25) is 0 Å². The van der Waals surface area contributed by atoms with E-state index in [1.165, 1.54) is 0 Å². The van der Waals surface area contributed by atoms with E-state index in [0.29, 0.717) is 5.56 Å². The van der Waals surface area contributed by atoms with Crippen LogP contribution in [0.3, 0.4) is 0 Å². The van der Waals surface area contributed by atoms with Crippen molar-refractivity contribution in [3.8, 4) is 5.75 Å². The van der Waals surface area contributed by atoms with Crippen LogP contribution in [-0.2, 0) is 4.74 Å². The first-order chi connectivity index (χ1) is 10.0. The highest BCUT2D eigenvalue weighted by atomic mass is 19.1. The van der Waals surface area contributed by atoms with Crippen molar-refractivity contribution < 1.29 is 13.9 Å². The van der Waals surface area contributed by atoms with Gasteiger partial charge in [-0.1, -0.05) is 0 Å². The van der Waals surface area contributed by atoms with Crippen LogP contribution in [0.15, 0.2) is 12.1 Å². The molecule has 118 valence electrons. The molecule has 0 amide bonds. The minimum absolute atomic E-state index is 0.0527. The maximum Gasteiger partial charge on any atom is 0.126 e. The van der Waals surface area contributed by atoms with Crippen LogP contribution in [0.1, 0.15) is 49.8 Å². The van der Waals surface area contributed by atoms with Gasteiger partial charge in [-0.05, 0) is 57.9 Å². The van der Waals surface area contributed by atoms with Gasteiger partial charge >= 0.3 is 0 Å². The Labute approximate surface area is 126 Å². The van der Waals surface area contributed by atoms with Gasteiger partial charge in [0, 0.05) is 25.1 Å². The maximum atomic E-state index is 13.8. The number of hydrogen-bond donors (Lipinski definition) is 1. The standard InChI is InChI=1S/C17H26FNO2/c1-11-8-17(15(10-16(11)18)12(2)19-3)21-14-7-5-6-13(9-14)20-4/h8,10,12-14,19H,5-7,9H2,1-4H3. The number of nitrogens with one attached hydrogen (secondary N) is 1. The van der Waals surface area contributed by atoms with Crippen LogP contribution in [0.4, 0.5) is 4.39 Å². The Morgan fingerprint density at radius 3 is 2.67 bits per heavy atom. The topological polar surface area (TPSA) is 30.5 Å². The summed E-state index contributed by atoms with van der Waals surface area (Å²) in [6, 6.07) is 3.45. The van der Waals surface area contributed by atoms with Gasteiger partial charge in [0.05, 0.1) is 6.10 Å². The fraction of sp³-hybridized carbons (Fsp3) is 0.647. The van der Waals surface area contributed by atoms with Crippen LogP contribution < -0.4 is 10.1 Å². The van der Waals surface area contributed by atoms with Crippen molar-refractivity contribution in [3.05, 3.63) is 29.1 Å². The molecule has 0 aliphatic heterocycles. The third-order valence-corrected chi connectivity index (χ3v) is 4.40. The van der Waals surface area contributed by atoms with Crippen molar-refractivity contribution in [2.24, 2.45) is 0 Å². The monoisotopic (exact) mass is 295 g/mol. The summed E-state index contributed by atoms with van der Waals surface area (Å²) >= 11 is 0. The molecule has 1 aliphatic carbocycles. The molecule has 1 N–H and O–H groups in total. The van der Waals surface area contributed by atoms with Crippen molar-refractivity contribution in [1.82, 2.24) is 5.32 Å². The van der Waals surface area contributed by atoms with Gasteiger partial charge in [0.15, 0.2) is 0 Å². The lowest BCUT2D eigenvalue weighted by Crippen LogP contribution is -2.30. The predicted octanol–water partition coefficient (Wildman–Crippen LogP) is 3.75. The van der Waals surface area contributed by atoms with Crippen molar-refractivity contribution in [2.75, 3.05) is 14.2 Å². The third kappa shape index (κ3) is 3.95. The number of methoxy groups -OCH3 is 1. The Hall–Kier alpha value is -1.13. The minimum Gasteiger partial charge on any atom is -0.490 e. The summed E-state index contributed by atoms with van der Waals surface area (Å²) in [6.45, 7) is 3.78. The van der Waals surface area contributed by atoms with Crippen LogP contribution >= 0.6 is 0 Å². The van der Waals surface area contributed by atoms with Gasteiger partial charge in [0.25, 0.3) is 0 Å². The zero-order chi connectivity index (χ0) is 15.4. The lowest BCUT2D eigenvalue weighted by molar-refractivity contribution is 0.0205. The summed E-state index contributed by atoms with van der Waals surface area (Å²) in [5.74, 6) is 0.607. The molecule has 4 heteroatoms. The summed E-state index contributed by atoms with van der Waals surface area (Å²) in [4.78, 5) is 0. The second kappa shape index (κ2) is 7.23. The average molecular weight is 295 g/mol. The lowest BCUT2D eigenvalue weighted by Gasteiger charge is -2.30. The zero-order valence-corrected chi connectivity index (χ0v) is 13.4. The molecule has 1 aromatic rings. The number of hydrogen-bond acceptors (Lipinski definition) is 3. The maximum absolute atomic E-state index is 13.8. The number of aryl methyl sites for hydroxylation is 1. The van der Waals surface area contributed by atoms with Crippen molar-refractivity contribution in [1.29, 1.82) is 0 Å². The lowest BCUT2D eigenvalue weighted by atomic mass is 9.94. The molecule has 0 radical (unpaired) electrons. The second-order valence-electron chi connectivity index (χ2n) is 5.91. The smallest absolute Gasteiger partial charge is 0.126 e. The van der Waals surface area contributed by atoms with E-state index in [1.54, 1.807) is 20.1 Å². The molecular weight excluding hydrogens is 269 g/mol. The summed E-state index contributed by atoms with van der Waals surface area (Å²) in [7, 11) is 3.62. The van der Waals surface area contributed by atoms with Crippen LogP contribution in [-0.4, -0.2) is 26.4 Å². The summed E-state index contributed by atoms with van der Waals surface area (Å²) in [5.41, 5.74) is 1.50. The number of rotatable bonds is 5. The molecule has 0 bridgehead atoms. The van der Waals surface area contributed by atoms with E-state index in [-0.39, 0.29) is 24.1 Å². The van der Waals surface area contributed by atoms with Gasteiger partial charge in [-0.2, -0.15) is 0 Å². The first-order valence-electron chi connectivity index (χ1n) is 7.72. The predicted molar refractivity (Wildman–Crippen MR) is 82.3 cm³/mol. The average Bonchev–Trinajstić information content (AvgIpc) is 2.50. The van der Waals surface area contributed by atoms with Crippen LogP contribution in [0.5, 0.6) is 5.75 Å². The highest BCUT2D eigenvalue weighted by molar-refractivity contribution is 5.40. The van der Waals surface area contributed by atoms with Crippen LogP contribution in [0, 0.1) is 12.7 Å². The summed E-state index contributed by atoms with van der Waals surface area (Å²) < 4.78 is 25.5. The van der Waals surface area contributed by atoms with E-state index in [9.17, 15) is 4.39 Å².